The molecule has 0 aromatic heterocycles. The predicted molar refractivity (Wildman–Crippen MR) is 165 cm³/mol. The maximum Gasteiger partial charge on any atom is 0.416 e. The third kappa shape index (κ3) is 8.92. The van der Waals surface area contributed by atoms with Gasteiger partial charge >= 0.3 is 12.4 Å². The average Bonchev–Trinajstić information content (AvgIpc) is 3.72. The number of carbonyl (C=O) groups is 2. The molecule has 3 N–H and O–H groups in total. The summed E-state index contributed by atoms with van der Waals surface area (Å²) in [6.07, 6.45) is -5.72. The Kier molecular flexibility index (Phi) is 10.6. The monoisotopic (exact) mass is 661 g/mol. The average molecular weight is 662 g/mol. The lowest BCUT2D eigenvalue weighted by molar-refractivity contribution is -0.143. The molecule has 1 saturated heterocycles. The maximum absolute atomic E-state index is 13.8. The van der Waals surface area contributed by atoms with Crippen LogP contribution in [-0.2, 0) is 30.1 Å². The van der Waals surface area contributed by atoms with E-state index in [1.165, 1.54) is 0 Å². The SMILES string of the molecule is O=C(NC(Cc1ccccc1)C(O)CNCc1cc(C(F)(F)F)cc(C(F)(F)F)c1)c1cc(C2CCCC2)cc(N2CCCC2=O)c1. The van der Waals surface area contributed by atoms with Crippen molar-refractivity contribution >= 4 is 17.5 Å². The Morgan fingerprint density at radius 1 is 0.872 bits per heavy atom. The summed E-state index contributed by atoms with van der Waals surface area (Å²) < 4.78 is 79.9. The third-order valence-corrected chi connectivity index (χ3v) is 8.82. The summed E-state index contributed by atoms with van der Waals surface area (Å²) in [6, 6.07) is 15.0. The van der Waals surface area contributed by atoms with Crippen LogP contribution < -0.4 is 15.5 Å². The van der Waals surface area contributed by atoms with Gasteiger partial charge in [0.2, 0.25) is 5.91 Å². The van der Waals surface area contributed by atoms with Crippen molar-refractivity contribution in [2.75, 3.05) is 18.0 Å². The molecule has 3 aromatic rings. The van der Waals surface area contributed by atoms with Crippen LogP contribution in [0.4, 0.5) is 32.0 Å². The van der Waals surface area contributed by atoms with Crippen LogP contribution in [0.25, 0.3) is 0 Å². The molecule has 3 aromatic carbocycles. The Bertz CT molecular complexity index is 1520. The highest BCUT2D eigenvalue weighted by molar-refractivity contribution is 5.99. The normalized spacial score (nSPS) is 17.3. The molecule has 6 nitrogen and oxygen atoms in total. The van der Waals surface area contributed by atoms with Crippen LogP contribution >= 0.6 is 0 Å². The molecule has 2 amide bonds. The quantitative estimate of drug-likeness (QED) is 0.194. The minimum absolute atomic E-state index is 0.00787. The van der Waals surface area contributed by atoms with Gasteiger partial charge in [0.1, 0.15) is 0 Å². The van der Waals surface area contributed by atoms with Gasteiger partial charge in [0, 0.05) is 37.3 Å². The van der Waals surface area contributed by atoms with E-state index in [9.17, 15) is 41.0 Å². The zero-order valence-electron chi connectivity index (χ0n) is 25.6. The maximum atomic E-state index is 13.8. The highest BCUT2D eigenvalue weighted by Gasteiger charge is 2.37. The number of aliphatic hydroxyl groups is 1. The fourth-order valence-electron chi connectivity index (χ4n) is 6.37. The number of benzene rings is 3. The second-order valence-electron chi connectivity index (χ2n) is 12.3. The van der Waals surface area contributed by atoms with Gasteiger partial charge in [-0.05, 0) is 84.7 Å². The largest absolute Gasteiger partial charge is 0.416 e. The van der Waals surface area contributed by atoms with E-state index in [0.29, 0.717) is 36.3 Å². The minimum Gasteiger partial charge on any atom is -0.390 e. The molecule has 0 spiro atoms. The second kappa shape index (κ2) is 14.5. The van der Waals surface area contributed by atoms with Gasteiger partial charge in [-0.15, -0.1) is 0 Å². The summed E-state index contributed by atoms with van der Waals surface area (Å²) in [5.41, 5.74) is -0.328. The van der Waals surface area contributed by atoms with Gasteiger partial charge in [-0.3, -0.25) is 9.59 Å². The van der Waals surface area contributed by atoms with Crippen LogP contribution in [0.3, 0.4) is 0 Å². The molecule has 0 bridgehead atoms. The molecule has 1 aliphatic carbocycles. The number of nitrogens with one attached hydrogen (secondary N) is 2. The lowest BCUT2D eigenvalue weighted by Gasteiger charge is -2.26. The molecule has 1 aliphatic heterocycles. The van der Waals surface area contributed by atoms with Gasteiger partial charge < -0.3 is 20.6 Å². The standard InChI is InChI=1S/C35H37F6N3O3/c36-34(37,38)27-13-23(14-28(19-27)35(39,40)41)20-42-21-31(45)30(15-22-7-2-1-3-8-22)43-33(47)26-16-25(24-9-4-5-10-24)17-29(18-26)44-12-6-11-32(44)46/h1-3,7-8,13-14,16-19,24,30-31,42,45H,4-6,9-12,15,20-21H2,(H,43,47). The minimum atomic E-state index is -4.97. The molecular weight excluding hydrogens is 624 g/mol. The number of nitrogens with zero attached hydrogens (tertiary/aromatic N) is 1. The first-order valence-electron chi connectivity index (χ1n) is 15.8. The summed E-state index contributed by atoms with van der Waals surface area (Å²) in [5, 5.41) is 16.9. The Labute approximate surface area is 269 Å². The molecule has 5 rings (SSSR count). The van der Waals surface area contributed by atoms with E-state index in [2.05, 4.69) is 10.6 Å². The van der Waals surface area contributed by atoms with Crippen molar-refractivity contribution in [3.05, 3.63) is 100 Å². The van der Waals surface area contributed by atoms with Crippen LogP contribution in [0, 0.1) is 0 Å². The van der Waals surface area contributed by atoms with Crippen molar-refractivity contribution < 1.29 is 41.0 Å². The molecular formula is C35H37F6N3O3. The van der Waals surface area contributed by atoms with Crippen molar-refractivity contribution in [3.63, 3.8) is 0 Å². The van der Waals surface area contributed by atoms with E-state index in [1.807, 2.05) is 30.3 Å². The van der Waals surface area contributed by atoms with E-state index < -0.39 is 41.5 Å². The fourth-order valence-corrected chi connectivity index (χ4v) is 6.37. The van der Waals surface area contributed by atoms with Gasteiger partial charge in [0.25, 0.3) is 5.91 Å². The number of aliphatic hydroxyl groups excluding tert-OH is 1. The molecule has 1 saturated carbocycles. The number of rotatable bonds is 11. The summed E-state index contributed by atoms with van der Waals surface area (Å²) >= 11 is 0. The van der Waals surface area contributed by atoms with Gasteiger partial charge in [-0.2, -0.15) is 26.3 Å². The van der Waals surface area contributed by atoms with Gasteiger partial charge in [-0.1, -0.05) is 43.2 Å². The molecule has 2 unspecified atom stereocenters. The first-order chi connectivity index (χ1) is 22.3. The second-order valence-corrected chi connectivity index (χ2v) is 12.3. The number of hydrogen-bond acceptors (Lipinski definition) is 4. The Morgan fingerprint density at radius 2 is 1.53 bits per heavy atom. The lowest BCUT2D eigenvalue weighted by atomic mass is 9.94. The number of halogens is 6. The molecule has 2 atom stereocenters. The molecule has 252 valence electrons. The molecule has 1 heterocycles. The van der Waals surface area contributed by atoms with E-state index in [4.69, 9.17) is 0 Å². The van der Waals surface area contributed by atoms with E-state index in [0.717, 1.165) is 43.2 Å². The van der Waals surface area contributed by atoms with Gasteiger partial charge in [0.05, 0.1) is 23.3 Å². The lowest BCUT2D eigenvalue weighted by Crippen LogP contribution is -2.48. The smallest absolute Gasteiger partial charge is 0.390 e. The van der Waals surface area contributed by atoms with Crippen molar-refractivity contribution in [2.45, 2.75) is 81.9 Å². The van der Waals surface area contributed by atoms with E-state index >= 15 is 0 Å². The van der Waals surface area contributed by atoms with Crippen molar-refractivity contribution in [1.29, 1.82) is 0 Å². The Balaban J connectivity index is 1.35. The highest BCUT2D eigenvalue weighted by Crippen LogP contribution is 2.38. The molecule has 2 aliphatic rings. The van der Waals surface area contributed by atoms with Crippen molar-refractivity contribution in [1.82, 2.24) is 10.6 Å². The fraction of sp³-hybridized carbons (Fsp3) is 0.429. The van der Waals surface area contributed by atoms with Crippen LogP contribution in [0.1, 0.15) is 82.6 Å². The number of hydrogen-bond donors (Lipinski definition) is 3. The summed E-state index contributed by atoms with van der Waals surface area (Å²) in [6.45, 7) is -0.0525. The van der Waals surface area contributed by atoms with Crippen LogP contribution in [0.15, 0.2) is 66.7 Å². The molecule has 12 heteroatoms. The van der Waals surface area contributed by atoms with E-state index in [-0.39, 0.29) is 43.0 Å². The van der Waals surface area contributed by atoms with Crippen molar-refractivity contribution in [2.24, 2.45) is 0 Å². The third-order valence-electron chi connectivity index (χ3n) is 8.82. The van der Waals surface area contributed by atoms with Gasteiger partial charge in [-0.25, -0.2) is 0 Å². The van der Waals surface area contributed by atoms with Gasteiger partial charge in [0.15, 0.2) is 0 Å². The summed E-state index contributed by atoms with van der Waals surface area (Å²) in [5.74, 6) is -0.209. The molecule has 47 heavy (non-hydrogen) atoms. The van der Waals surface area contributed by atoms with Crippen LogP contribution in [0.2, 0.25) is 0 Å². The zero-order chi connectivity index (χ0) is 33.8. The summed E-state index contributed by atoms with van der Waals surface area (Å²) in [7, 11) is 0. The number of amides is 2. The number of anilines is 1. The number of carbonyl (C=O) groups excluding carboxylic acids is 2. The number of alkyl halides is 6. The van der Waals surface area contributed by atoms with Crippen molar-refractivity contribution in [3.8, 4) is 0 Å². The molecule has 2 fully saturated rings. The predicted octanol–water partition coefficient (Wildman–Crippen LogP) is 7.00. The first kappa shape index (κ1) is 34.4. The Hall–Kier alpha value is -3.90. The Morgan fingerprint density at radius 3 is 2.13 bits per heavy atom. The molecule has 0 radical (unpaired) electrons. The van der Waals surface area contributed by atoms with E-state index in [1.54, 1.807) is 23.1 Å². The zero-order valence-corrected chi connectivity index (χ0v) is 25.6. The van der Waals surface area contributed by atoms with Crippen LogP contribution in [-0.4, -0.2) is 42.2 Å². The van der Waals surface area contributed by atoms with Crippen LogP contribution in [0.5, 0.6) is 0 Å². The first-order valence-corrected chi connectivity index (χ1v) is 15.8. The topological polar surface area (TPSA) is 81.7 Å². The highest BCUT2D eigenvalue weighted by atomic mass is 19.4. The summed E-state index contributed by atoms with van der Waals surface area (Å²) in [4.78, 5) is 28.0.